The highest BCUT2D eigenvalue weighted by Gasteiger charge is 2.42. The molecule has 2 saturated heterocycles. The number of carbonyl (C=O) groups excluding carboxylic acids is 3. The minimum Gasteiger partial charge on any atom is -0.379 e. The van der Waals surface area contributed by atoms with Crippen molar-refractivity contribution in [3.05, 3.63) is 87.8 Å². The number of benzene rings is 1. The predicted octanol–water partition coefficient (Wildman–Crippen LogP) is 2.79. The van der Waals surface area contributed by atoms with Crippen molar-refractivity contribution in [1.29, 1.82) is 0 Å². The molecule has 4 aromatic rings. The van der Waals surface area contributed by atoms with E-state index in [1.807, 2.05) is 0 Å². The number of carbonyl (C=O) groups is 3. The fourth-order valence-corrected chi connectivity index (χ4v) is 6.31. The second-order valence-corrected chi connectivity index (χ2v) is 12.4. The smallest absolute Gasteiger partial charge is 0.379 e. The number of aliphatic hydroxyl groups is 1. The molecular formula is C32H33ClF3N9O4. The first-order valence-electron chi connectivity index (χ1n) is 15.6. The first-order valence-corrected chi connectivity index (χ1v) is 16.0. The van der Waals surface area contributed by atoms with Gasteiger partial charge < -0.3 is 30.5 Å². The van der Waals surface area contributed by atoms with Crippen LogP contribution in [-0.4, -0.2) is 103 Å². The zero-order chi connectivity index (χ0) is 34.8. The summed E-state index contributed by atoms with van der Waals surface area (Å²) in [6, 6.07) is 8.11. The minimum atomic E-state index is -4.76. The van der Waals surface area contributed by atoms with E-state index in [0.29, 0.717) is 24.0 Å². The van der Waals surface area contributed by atoms with E-state index >= 15 is 0 Å². The Morgan fingerprint density at radius 1 is 1.06 bits per heavy atom. The number of hydrogen-bond acceptors (Lipinski definition) is 8. The summed E-state index contributed by atoms with van der Waals surface area (Å²) in [5, 5.41) is 22.6. The highest BCUT2D eigenvalue weighted by atomic mass is 35.5. The number of aromatic amines is 2. The van der Waals surface area contributed by atoms with E-state index in [1.165, 1.54) is 6.20 Å². The number of alkyl halides is 3. The maximum Gasteiger partial charge on any atom is 0.435 e. The largest absolute Gasteiger partial charge is 0.435 e. The molecule has 258 valence electrons. The summed E-state index contributed by atoms with van der Waals surface area (Å²) >= 11 is 6.47. The van der Waals surface area contributed by atoms with E-state index < -0.39 is 23.4 Å². The van der Waals surface area contributed by atoms with Crippen LogP contribution >= 0.6 is 11.6 Å². The summed E-state index contributed by atoms with van der Waals surface area (Å²) in [5.74, 6) is -1.53. The molecule has 0 bridgehead atoms. The Hall–Kier alpha value is -4.80. The van der Waals surface area contributed by atoms with Gasteiger partial charge in [0.05, 0.1) is 28.0 Å². The summed E-state index contributed by atoms with van der Waals surface area (Å²) in [7, 11) is 0. The zero-order valence-corrected chi connectivity index (χ0v) is 26.9. The molecule has 13 nitrogen and oxygen atoms in total. The van der Waals surface area contributed by atoms with Crippen molar-refractivity contribution < 1.29 is 32.7 Å². The van der Waals surface area contributed by atoms with Crippen molar-refractivity contribution in [2.24, 2.45) is 0 Å². The molecule has 0 spiro atoms. The van der Waals surface area contributed by atoms with E-state index in [0.717, 1.165) is 12.7 Å². The number of β-amino-alcohol motifs (C(OH)–C–C–N with tert-alkyl or cyclic N) is 1. The molecule has 0 unspecified atom stereocenters. The molecule has 0 radical (unpaired) electrons. The second kappa shape index (κ2) is 14.0. The number of hydrogen-bond donors (Lipinski definition) is 5. The monoisotopic (exact) mass is 699 g/mol. The lowest BCUT2D eigenvalue weighted by atomic mass is 9.92. The van der Waals surface area contributed by atoms with Gasteiger partial charge in [-0.2, -0.15) is 18.3 Å². The predicted molar refractivity (Wildman–Crippen MR) is 170 cm³/mol. The number of piperazine rings is 1. The third kappa shape index (κ3) is 7.45. The molecular weight excluding hydrogens is 667 g/mol. The number of imidazole rings is 1. The fraction of sp³-hybridized carbons (Fsp3) is 0.375. The van der Waals surface area contributed by atoms with E-state index in [4.69, 9.17) is 11.6 Å². The number of rotatable bonds is 8. The van der Waals surface area contributed by atoms with Gasteiger partial charge in [0, 0.05) is 63.8 Å². The van der Waals surface area contributed by atoms with Crippen LogP contribution in [0.25, 0.3) is 11.3 Å². The van der Waals surface area contributed by atoms with Crippen molar-refractivity contribution in [1.82, 2.24) is 45.6 Å². The summed E-state index contributed by atoms with van der Waals surface area (Å²) in [4.78, 5) is 52.9. The topological polar surface area (TPSA) is 172 Å². The maximum atomic E-state index is 13.8. The molecule has 0 aliphatic carbocycles. The molecule has 3 amide bonds. The first-order chi connectivity index (χ1) is 23.4. The SMILES string of the molecule is O=C(NCc1ccc(C(=O)N2CCN(C(=O)[C@@]3(O)CCCNC3)CC2)c(Cl)c1)c1ncc(-c2c(C(F)(F)F)n[nH]c2Cc2cccnc2)[nH]1. The molecule has 2 fully saturated rings. The normalized spacial score (nSPS) is 18.4. The molecule has 5 heterocycles. The van der Waals surface area contributed by atoms with E-state index in [2.05, 4.69) is 35.8 Å². The van der Waals surface area contributed by atoms with Gasteiger partial charge in [-0.05, 0) is 48.7 Å². The molecule has 6 rings (SSSR count). The first kappa shape index (κ1) is 34.1. The van der Waals surface area contributed by atoms with Crippen LogP contribution in [0.1, 0.15) is 56.3 Å². The number of nitrogens with zero attached hydrogens (tertiary/aromatic N) is 5. The van der Waals surface area contributed by atoms with Gasteiger partial charge in [0.15, 0.2) is 17.1 Å². The number of amides is 3. The molecule has 2 aliphatic heterocycles. The molecule has 2 aliphatic rings. The van der Waals surface area contributed by atoms with Crippen LogP contribution in [0.3, 0.4) is 0 Å². The van der Waals surface area contributed by atoms with Crippen molar-refractivity contribution in [3.63, 3.8) is 0 Å². The van der Waals surface area contributed by atoms with E-state index in [1.54, 1.807) is 46.3 Å². The average Bonchev–Trinajstić information content (AvgIpc) is 3.75. The lowest BCUT2D eigenvalue weighted by molar-refractivity contribution is -0.154. The van der Waals surface area contributed by atoms with Crippen LogP contribution in [0.2, 0.25) is 5.02 Å². The second-order valence-electron chi connectivity index (χ2n) is 12.0. The number of pyridine rings is 1. The Morgan fingerprint density at radius 2 is 1.84 bits per heavy atom. The van der Waals surface area contributed by atoms with Crippen molar-refractivity contribution in [2.75, 3.05) is 39.3 Å². The number of piperidine rings is 1. The summed E-state index contributed by atoms with van der Waals surface area (Å²) in [6.45, 7) is 2.08. The van der Waals surface area contributed by atoms with Crippen LogP contribution < -0.4 is 10.6 Å². The van der Waals surface area contributed by atoms with Crippen LogP contribution in [0.5, 0.6) is 0 Å². The number of H-pyrrole nitrogens is 2. The minimum absolute atomic E-state index is 0.00657. The molecule has 49 heavy (non-hydrogen) atoms. The lowest BCUT2D eigenvalue weighted by Gasteiger charge is -2.40. The average molecular weight is 700 g/mol. The molecule has 3 aromatic heterocycles. The van der Waals surface area contributed by atoms with Crippen LogP contribution in [0.15, 0.2) is 48.9 Å². The van der Waals surface area contributed by atoms with Crippen molar-refractivity contribution in [3.8, 4) is 11.3 Å². The van der Waals surface area contributed by atoms with Gasteiger partial charge in [0.2, 0.25) is 0 Å². The molecule has 5 N–H and O–H groups in total. The Morgan fingerprint density at radius 3 is 2.51 bits per heavy atom. The van der Waals surface area contributed by atoms with E-state index in [9.17, 15) is 32.7 Å². The summed E-state index contributed by atoms with van der Waals surface area (Å²) in [5.41, 5.74) is -1.20. The molecule has 17 heteroatoms. The molecule has 1 aromatic carbocycles. The van der Waals surface area contributed by atoms with Gasteiger partial charge in [0.1, 0.15) is 0 Å². The number of halogens is 4. The van der Waals surface area contributed by atoms with Crippen LogP contribution in [-0.2, 0) is 23.9 Å². The van der Waals surface area contributed by atoms with Gasteiger partial charge in [-0.1, -0.05) is 23.7 Å². The summed E-state index contributed by atoms with van der Waals surface area (Å²) in [6.07, 6.45) is 0.654. The fourth-order valence-electron chi connectivity index (χ4n) is 6.03. The maximum absolute atomic E-state index is 13.8. The Balaban J connectivity index is 1.07. The van der Waals surface area contributed by atoms with Crippen LogP contribution in [0, 0.1) is 0 Å². The molecule has 0 saturated carbocycles. The van der Waals surface area contributed by atoms with Crippen molar-refractivity contribution >= 4 is 29.3 Å². The van der Waals surface area contributed by atoms with Crippen LogP contribution in [0.4, 0.5) is 13.2 Å². The number of nitrogens with one attached hydrogen (secondary N) is 4. The van der Waals surface area contributed by atoms with Crippen molar-refractivity contribution in [2.45, 2.75) is 37.6 Å². The van der Waals surface area contributed by atoms with Gasteiger partial charge in [-0.3, -0.25) is 24.5 Å². The quantitative estimate of drug-likeness (QED) is 0.187. The standard InChI is InChI=1S/C32H33ClF3N9O4/c33-22-13-20(4-5-21(22)29(47)44-9-11-45(12-10-44)30(48)31(49)6-2-8-38-18-31)16-40-28(46)27-39-17-24(41-27)25-23(14-19-3-1-7-37-15-19)42-43-26(25)32(34,35)36/h1,3-5,7,13,15,17,38,49H,2,6,8-12,14,16,18H2,(H,39,41)(H,40,46)(H,42,43)/t31-/m1/s1. The zero-order valence-electron chi connectivity index (χ0n) is 26.1. The lowest BCUT2D eigenvalue weighted by Crippen LogP contribution is -2.60. The molecule has 1 atom stereocenters. The van der Waals surface area contributed by atoms with Gasteiger partial charge in [-0.15, -0.1) is 0 Å². The third-order valence-corrected chi connectivity index (χ3v) is 8.92. The van der Waals surface area contributed by atoms with Gasteiger partial charge in [-0.25, -0.2) is 4.98 Å². The third-order valence-electron chi connectivity index (χ3n) is 8.60. The van der Waals surface area contributed by atoms with Gasteiger partial charge in [0.25, 0.3) is 17.7 Å². The highest BCUT2D eigenvalue weighted by molar-refractivity contribution is 6.33. The highest BCUT2D eigenvalue weighted by Crippen LogP contribution is 2.37. The van der Waals surface area contributed by atoms with E-state index in [-0.39, 0.29) is 90.9 Å². The Labute approximate surface area is 283 Å². The van der Waals surface area contributed by atoms with Gasteiger partial charge >= 0.3 is 6.18 Å². The number of aromatic nitrogens is 5. The Kier molecular flexibility index (Phi) is 9.72. The summed E-state index contributed by atoms with van der Waals surface area (Å²) < 4.78 is 41.5. The Bertz CT molecular complexity index is 1830.